The Morgan fingerprint density at radius 3 is 2.65 bits per heavy atom. The molecule has 2 saturated heterocycles. The van der Waals surface area contributed by atoms with Crippen molar-refractivity contribution in [3.8, 4) is 17.0 Å². The van der Waals surface area contributed by atoms with E-state index in [9.17, 15) is 9.90 Å². The number of aromatic nitrogens is 2. The molecule has 31 heavy (non-hydrogen) atoms. The number of piperidine rings is 2. The van der Waals surface area contributed by atoms with Crippen LogP contribution in [0.15, 0.2) is 34.7 Å². The maximum absolute atomic E-state index is 11.8. The fourth-order valence-electron chi connectivity index (χ4n) is 4.91. The molecule has 2 bridgehead atoms. The Balaban J connectivity index is 1.38. The first-order valence-electron chi connectivity index (χ1n) is 10.8. The van der Waals surface area contributed by atoms with Crippen LogP contribution >= 0.6 is 0 Å². The Hall–Kier alpha value is -3.13. The van der Waals surface area contributed by atoms with E-state index in [1.807, 2.05) is 12.1 Å². The van der Waals surface area contributed by atoms with Crippen molar-refractivity contribution in [2.75, 3.05) is 19.0 Å². The predicted molar refractivity (Wildman–Crippen MR) is 118 cm³/mol. The second-order valence-electron chi connectivity index (χ2n) is 8.60. The molecule has 3 aromatic rings. The maximum atomic E-state index is 11.8. The van der Waals surface area contributed by atoms with Crippen LogP contribution in [0.25, 0.3) is 22.2 Å². The number of phenols is 1. The van der Waals surface area contributed by atoms with Gasteiger partial charge < -0.3 is 25.1 Å². The Kier molecular flexibility index (Phi) is 5.02. The molecule has 0 unspecified atom stereocenters. The Bertz CT molecular complexity index is 1100. The van der Waals surface area contributed by atoms with Crippen molar-refractivity contribution in [3.05, 3.63) is 36.1 Å². The van der Waals surface area contributed by atoms with Crippen LogP contribution in [0.5, 0.6) is 5.75 Å². The van der Waals surface area contributed by atoms with Crippen molar-refractivity contribution >= 4 is 22.7 Å². The number of nitrogens with zero attached hydrogens (tertiary/aromatic N) is 3. The first-order chi connectivity index (χ1) is 15.0. The van der Waals surface area contributed by atoms with Gasteiger partial charge in [0.15, 0.2) is 11.6 Å². The molecule has 0 radical (unpaired) electrons. The lowest BCUT2D eigenvalue weighted by molar-refractivity contribution is 0.0938. The average Bonchev–Trinajstić information content (AvgIpc) is 3.20. The van der Waals surface area contributed by atoms with Gasteiger partial charge in [0.2, 0.25) is 0 Å². The lowest BCUT2D eigenvalue weighted by Crippen LogP contribution is -2.54. The number of anilines is 1. The number of phenolic OH excluding ortho intramolecular Hbond substituents is 1. The van der Waals surface area contributed by atoms with Crippen LogP contribution in [0.1, 0.15) is 42.7 Å². The molecule has 2 aromatic heterocycles. The smallest absolute Gasteiger partial charge is 0.286 e. The van der Waals surface area contributed by atoms with Gasteiger partial charge in [0.05, 0.1) is 5.69 Å². The van der Waals surface area contributed by atoms with Crippen LogP contribution < -0.4 is 15.5 Å². The van der Waals surface area contributed by atoms with Crippen LogP contribution in [0.4, 0.5) is 5.82 Å². The summed E-state index contributed by atoms with van der Waals surface area (Å²) in [4.78, 5) is 14.1. The van der Waals surface area contributed by atoms with Gasteiger partial charge in [-0.2, -0.15) is 0 Å². The van der Waals surface area contributed by atoms with E-state index in [1.165, 1.54) is 25.3 Å². The normalized spacial score (nSPS) is 23.0. The molecule has 0 saturated carbocycles. The highest BCUT2D eigenvalue weighted by molar-refractivity contribution is 5.97. The molecule has 8 nitrogen and oxygen atoms in total. The van der Waals surface area contributed by atoms with Crippen molar-refractivity contribution in [1.29, 1.82) is 0 Å². The summed E-state index contributed by atoms with van der Waals surface area (Å²) in [6, 6.07) is 10.4. The molecule has 3 N–H and O–H groups in total. The zero-order valence-corrected chi connectivity index (χ0v) is 17.8. The average molecular weight is 422 g/mol. The van der Waals surface area contributed by atoms with Gasteiger partial charge in [0.25, 0.3) is 5.91 Å². The molecule has 1 aromatic carbocycles. The van der Waals surface area contributed by atoms with E-state index in [0.717, 1.165) is 24.0 Å². The second-order valence-corrected chi connectivity index (χ2v) is 8.60. The summed E-state index contributed by atoms with van der Waals surface area (Å²) in [5.74, 6) is 0.752. The van der Waals surface area contributed by atoms with Gasteiger partial charge in [-0.05, 0) is 49.9 Å². The first-order valence-corrected chi connectivity index (χ1v) is 10.8. The number of nitrogens with one attached hydrogen (secondary N) is 2. The minimum atomic E-state index is -0.313. The standard InChI is InChI=1S/C23H27N5O3/c1-24-23(30)21-9-13-8-17(19(29)12-20(13)31-21)18-6-7-22(27-26-18)28(2)16-10-14-4-3-5-15(11-16)25-14/h6-9,12,14-16,25,29H,3-5,10-11H2,1-2H3,(H,24,30)/t14-,15-/m1/s1. The molecule has 2 atom stereocenters. The van der Waals surface area contributed by atoms with E-state index in [4.69, 9.17) is 4.42 Å². The molecule has 0 aliphatic carbocycles. The summed E-state index contributed by atoms with van der Waals surface area (Å²) in [5.41, 5.74) is 1.57. The molecule has 4 heterocycles. The number of carbonyl (C=O) groups is 1. The molecule has 2 aliphatic heterocycles. The van der Waals surface area contributed by atoms with Gasteiger partial charge >= 0.3 is 0 Å². The number of hydrogen-bond donors (Lipinski definition) is 3. The van der Waals surface area contributed by atoms with Gasteiger partial charge in [-0.3, -0.25) is 4.79 Å². The van der Waals surface area contributed by atoms with Gasteiger partial charge in [-0.1, -0.05) is 6.42 Å². The number of fused-ring (bicyclic) bond motifs is 3. The summed E-state index contributed by atoms with van der Waals surface area (Å²) in [5, 5.41) is 26.3. The highest BCUT2D eigenvalue weighted by Gasteiger charge is 2.33. The van der Waals surface area contributed by atoms with E-state index in [0.29, 0.717) is 35.0 Å². The molecule has 1 amide bonds. The summed E-state index contributed by atoms with van der Waals surface area (Å²) < 4.78 is 5.52. The highest BCUT2D eigenvalue weighted by Crippen LogP contribution is 2.35. The third kappa shape index (κ3) is 3.72. The monoisotopic (exact) mass is 421 g/mol. The van der Waals surface area contributed by atoms with Gasteiger partial charge in [-0.15, -0.1) is 10.2 Å². The largest absolute Gasteiger partial charge is 0.507 e. The van der Waals surface area contributed by atoms with Crippen molar-refractivity contribution in [1.82, 2.24) is 20.8 Å². The SMILES string of the molecule is CNC(=O)c1cc2cc(-c3ccc(N(C)C4C[C@H]5CCC[C@H](C4)N5)nn3)c(O)cc2o1. The molecular weight excluding hydrogens is 394 g/mol. The maximum Gasteiger partial charge on any atom is 0.286 e. The van der Waals surface area contributed by atoms with Gasteiger partial charge in [0, 0.05) is 49.2 Å². The molecule has 2 aliphatic rings. The third-order valence-corrected chi connectivity index (χ3v) is 6.61. The van der Waals surface area contributed by atoms with Crippen LogP contribution in [-0.2, 0) is 0 Å². The van der Waals surface area contributed by atoms with Crippen molar-refractivity contribution < 1.29 is 14.3 Å². The number of furan rings is 1. The minimum Gasteiger partial charge on any atom is -0.507 e. The number of carbonyl (C=O) groups excluding carboxylic acids is 1. The van der Waals surface area contributed by atoms with Crippen molar-refractivity contribution in [3.63, 3.8) is 0 Å². The minimum absolute atomic E-state index is 0.0342. The van der Waals surface area contributed by atoms with E-state index < -0.39 is 0 Å². The zero-order valence-electron chi connectivity index (χ0n) is 17.8. The van der Waals surface area contributed by atoms with E-state index in [1.54, 1.807) is 19.2 Å². The van der Waals surface area contributed by atoms with Gasteiger partial charge in [-0.25, -0.2) is 0 Å². The Labute approximate surface area is 180 Å². The molecule has 162 valence electrons. The topological polar surface area (TPSA) is 104 Å². The second kappa shape index (κ2) is 7.85. The van der Waals surface area contributed by atoms with Crippen LogP contribution in [0, 0.1) is 0 Å². The zero-order chi connectivity index (χ0) is 21.5. The van der Waals surface area contributed by atoms with E-state index >= 15 is 0 Å². The number of rotatable bonds is 4. The fraction of sp³-hybridized carbons (Fsp3) is 0.435. The molecule has 2 fully saturated rings. The van der Waals surface area contributed by atoms with Crippen LogP contribution in [0.3, 0.4) is 0 Å². The van der Waals surface area contributed by atoms with Crippen LogP contribution in [0.2, 0.25) is 0 Å². The Morgan fingerprint density at radius 1 is 1.19 bits per heavy atom. The summed E-state index contributed by atoms with van der Waals surface area (Å²) in [7, 11) is 3.63. The molecule has 5 rings (SSSR count). The number of amides is 1. The number of hydrogen-bond acceptors (Lipinski definition) is 7. The molecular formula is C23H27N5O3. The van der Waals surface area contributed by atoms with Crippen LogP contribution in [-0.4, -0.2) is 53.4 Å². The summed E-state index contributed by atoms with van der Waals surface area (Å²) >= 11 is 0. The first kappa shape index (κ1) is 19.8. The third-order valence-electron chi connectivity index (χ3n) is 6.61. The summed E-state index contributed by atoms with van der Waals surface area (Å²) in [6.07, 6.45) is 6.08. The highest BCUT2D eigenvalue weighted by atomic mass is 16.3. The molecule has 0 spiro atoms. The van der Waals surface area contributed by atoms with E-state index in [2.05, 4.69) is 32.8 Å². The lowest BCUT2D eigenvalue weighted by atomic mass is 9.83. The van der Waals surface area contributed by atoms with E-state index in [-0.39, 0.29) is 17.4 Å². The summed E-state index contributed by atoms with van der Waals surface area (Å²) in [6.45, 7) is 0. The fourth-order valence-corrected chi connectivity index (χ4v) is 4.91. The molecule has 8 heteroatoms. The quantitative estimate of drug-likeness (QED) is 0.595. The lowest BCUT2D eigenvalue weighted by Gasteiger charge is -2.43. The van der Waals surface area contributed by atoms with Crippen molar-refractivity contribution in [2.24, 2.45) is 0 Å². The number of benzene rings is 1. The van der Waals surface area contributed by atoms with Crippen molar-refractivity contribution in [2.45, 2.75) is 50.2 Å². The predicted octanol–water partition coefficient (Wildman–Crippen LogP) is 3.06. The van der Waals surface area contributed by atoms with Gasteiger partial charge in [0.1, 0.15) is 11.3 Å². The number of aromatic hydroxyl groups is 1. The Morgan fingerprint density at radius 2 is 1.97 bits per heavy atom.